The Morgan fingerprint density at radius 2 is 1.18 bits per heavy atom. The topological polar surface area (TPSA) is 106 Å². The quantitative estimate of drug-likeness (QED) is 0.318. The van der Waals surface area contributed by atoms with Crippen LogP contribution in [0.15, 0.2) is 0 Å². The lowest BCUT2D eigenvalue weighted by molar-refractivity contribution is 0.0952. The predicted molar refractivity (Wildman–Crippen MR) is 161 cm³/mol. The average Bonchev–Trinajstić information content (AvgIpc) is 3.61. The van der Waals surface area contributed by atoms with Crippen LogP contribution in [0.3, 0.4) is 0 Å². The van der Waals surface area contributed by atoms with Crippen molar-refractivity contribution in [2.24, 2.45) is 0 Å². The number of likely N-dealkylation sites (N-methyl/N-ethyl adjacent to an activating group) is 2. The highest BCUT2D eigenvalue weighted by Crippen LogP contribution is 2.22. The molecule has 0 unspecified atom stereocenters. The van der Waals surface area contributed by atoms with E-state index in [-0.39, 0.29) is 5.91 Å². The van der Waals surface area contributed by atoms with E-state index >= 15 is 0 Å². The van der Waals surface area contributed by atoms with Crippen LogP contribution >= 0.6 is 34.9 Å². The van der Waals surface area contributed by atoms with Gasteiger partial charge in [-0.1, -0.05) is 61.6 Å². The summed E-state index contributed by atoms with van der Waals surface area (Å²) in [5.74, 6) is -0.105. The first-order chi connectivity index (χ1) is 18.4. The third kappa shape index (κ3) is 9.63. The lowest BCUT2D eigenvalue weighted by Crippen LogP contribution is -2.44. The van der Waals surface area contributed by atoms with Crippen molar-refractivity contribution in [3.63, 3.8) is 0 Å². The molecule has 2 aliphatic heterocycles. The van der Waals surface area contributed by atoms with Crippen molar-refractivity contribution >= 4 is 56.1 Å². The molecule has 38 heavy (non-hydrogen) atoms. The Morgan fingerprint density at radius 1 is 0.737 bits per heavy atom. The second-order valence-electron chi connectivity index (χ2n) is 9.58. The van der Waals surface area contributed by atoms with Gasteiger partial charge < -0.3 is 30.2 Å². The molecule has 2 aromatic rings. The number of carbonyl (C=O) groups excluding carboxylic acids is 1. The van der Waals surface area contributed by atoms with Gasteiger partial charge in [0.05, 0.1) is 0 Å². The van der Waals surface area contributed by atoms with E-state index in [0.717, 1.165) is 105 Å². The predicted octanol–water partition coefficient (Wildman–Crippen LogP) is 2.17. The van der Waals surface area contributed by atoms with Gasteiger partial charge in [0.25, 0.3) is 5.91 Å². The summed E-state index contributed by atoms with van der Waals surface area (Å²) in [5, 5.41) is 25.8. The van der Waals surface area contributed by atoms with Crippen LogP contribution in [0.2, 0.25) is 0 Å². The Labute approximate surface area is 240 Å². The zero-order valence-electron chi connectivity index (χ0n) is 23.1. The van der Waals surface area contributed by atoms with Crippen LogP contribution in [0, 0.1) is 0 Å². The number of rotatable bonds is 10. The molecule has 11 nitrogen and oxygen atoms in total. The van der Waals surface area contributed by atoms with Gasteiger partial charge in [0.15, 0.2) is 5.01 Å². The van der Waals surface area contributed by atoms with Gasteiger partial charge in [-0.15, -0.1) is 20.4 Å². The highest BCUT2D eigenvalue weighted by molar-refractivity contribution is 7.81. The minimum Gasteiger partial charge on any atom is -0.374 e. The van der Waals surface area contributed by atoms with Gasteiger partial charge in [0.1, 0.15) is 4.99 Å². The highest BCUT2D eigenvalue weighted by atomic mass is 32.1. The minimum atomic E-state index is -0.105. The van der Waals surface area contributed by atoms with E-state index in [1.807, 2.05) is 0 Å². The van der Waals surface area contributed by atoms with Crippen LogP contribution in [-0.4, -0.2) is 121 Å². The van der Waals surface area contributed by atoms with E-state index in [4.69, 9.17) is 12.2 Å². The number of hydrogen-bond donors (Lipinski definition) is 2. The Morgan fingerprint density at radius 3 is 1.68 bits per heavy atom. The molecular weight excluding hydrogens is 541 g/mol. The maximum absolute atomic E-state index is 11.8. The van der Waals surface area contributed by atoms with Crippen molar-refractivity contribution in [2.45, 2.75) is 39.5 Å². The molecule has 212 valence electrons. The van der Waals surface area contributed by atoms with Crippen LogP contribution in [0.25, 0.3) is 0 Å². The molecule has 0 saturated carbocycles. The van der Waals surface area contributed by atoms with Crippen LogP contribution in [-0.2, 0) is 0 Å². The van der Waals surface area contributed by atoms with Crippen LogP contribution in [0.1, 0.15) is 54.3 Å². The van der Waals surface area contributed by atoms with Crippen LogP contribution in [0.5, 0.6) is 0 Å². The van der Waals surface area contributed by atoms with Crippen molar-refractivity contribution in [2.75, 3.05) is 89.3 Å². The van der Waals surface area contributed by atoms with Gasteiger partial charge in [-0.05, 0) is 26.9 Å². The standard InChI is InChI=1S/C12H21N5OS.C12H21N5S2/c2*1-3-4-5-13-10(18)11-14-15-12(19-11)17-8-6-16(2)7-9-17/h2*3-9H2,1-2H3,(H,13,18). The lowest BCUT2D eigenvalue weighted by Gasteiger charge is -2.31. The number of nitrogens with zero attached hydrogens (tertiary/aromatic N) is 8. The fraction of sp³-hybridized carbons (Fsp3) is 0.750. The van der Waals surface area contributed by atoms with Crippen molar-refractivity contribution < 1.29 is 4.79 Å². The number of amides is 1. The molecule has 2 fully saturated rings. The summed E-state index contributed by atoms with van der Waals surface area (Å²) in [7, 11) is 4.26. The molecule has 14 heteroatoms. The summed E-state index contributed by atoms with van der Waals surface area (Å²) in [6.07, 6.45) is 4.36. The van der Waals surface area contributed by atoms with Gasteiger partial charge in [-0.25, -0.2) is 0 Å². The van der Waals surface area contributed by atoms with Crippen LogP contribution < -0.4 is 20.4 Å². The summed E-state index contributed by atoms with van der Waals surface area (Å²) in [6.45, 7) is 14.0. The van der Waals surface area contributed by atoms with Gasteiger partial charge >= 0.3 is 0 Å². The number of anilines is 2. The van der Waals surface area contributed by atoms with E-state index in [9.17, 15) is 4.79 Å². The number of aromatic nitrogens is 4. The maximum atomic E-state index is 11.8. The first kappa shape index (κ1) is 30.5. The van der Waals surface area contributed by atoms with Crippen LogP contribution in [0.4, 0.5) is 10.3 Å². The first-order valence-corrected chi connectivity index (χ1v) is 15.6. The maximum Gasteiger partial charge on any atom is 0.282 e. The average molecular weight is 583 g/mol. The molecule has 2 N–H and O–H groups in total. The highest BCUT2D eigenvalue weighted by Gasteiger charge is 2.20. The first-order valence-electron chi connectivity index (χ1n) is 13.5. The molecule has 0 bridgehead atoms. The summed E-state index contributed by atoms with van der Waals surface area (Å²) >= 11 is 8.31. The third-order valence-electron chi connectivity index (χ3n) is 6.40. The number of unbranched alkanes of at least 4 members (excludes halogenated alkanes) is 2. The van der Waals surface area contributed by atoms with Gasteiger partial charge in [0.2, 0.25) is 15.3 Å². The fourth-order valence-electron chi connectivity index (χ4n) is 3.77. The van der Waals surface area contributed by atoms with Gasteiger partial charge in [0, 0.05) is 65.4 Å². The Hall–Kier alpha value is -2.00. The van der Waals surface area contributed by atoms with E-state index in [1.54, 1.807) is 11.3 Å². The Balaban J connectivity index is 0.000000211. The molecule has 2 aromatic heterocycles. The third-order valence-corrected chi connectivity index (χ3v) is 8.85. The molecule has 0 aliphatic carbocycles. The molecule has 0 radical (unpaired) electrons. The smallest absolute Gasteiger partial charge is 0.282 e. The molecule has 2 aliphatic rings. The summed E-state index contributed by atoms with van der Waals surface area (Å²) in [5.41, 5.74) is 0. The summed E-state index contributed by atoms with van der Waals surface area (Å²) in [4.78, 5) is 21.7. The van der Waals surface area contributed by atoms with Crippen molar-refractivity contribution in [1.82, 2.24) is 40.8 Å². The van der Waals surface area contributed by atoms with E-state index in [0.29, 0.717) is 11.6 Å². The normalized spacial score (nSPS) is 16.6. The van der Waals surface area contributed by atoms with E-state index < -0.39 is 0 Å². The number of nitrogens with one attached hydrogen (secondary N) is 2. The molecule has 1 amide bonds. The van der Waals surface area contributed by atoms with E-state index in [2.05, 4.69) is 78.6 Å². The van der Waals surface area contributed by atoms with Crippen molar-refractivity contribution in [1.29, 1.82) is 0 Å². The lowest BCUT2D eigenvalue weighted by atomic mass is 10.3. The van der Waals surface area contributed by atoms with Crippen molar-refractivity contribution in [3.05, 3.63) is 10.0 Å². The number of thiocarbonyl (C=S) groups is 1. The molecule has 0 aromatic carbocycles. The zero-order valence-corrected chi connectivity index (χ0v) is 25.6. The second-order valence-corrected chi connectivity index (χ2v) is 11.9. The fourth-order valence-corrected chi connectivity index (χ4v) is 5.67. The van der Waals surface area contributed by atoms with E-state index in [1.165, 1.54) is 11.3 Å². The SMILES string of the molecule is CCCCNC(=O)c1nnc(N2CCN(C)CC2)s1.CCCCNC(=S)c1nnc(N2CCN(C)CC2)s1. The Kier molecular flexibility index (Phi) is 13.0. The Bertz CT molecular complexity index is 906. The number of carbonyl (C=O) groups is 1. The number of piperazine rings is 2. The number of hydrogen-bond acceptors (Lipinski definition) is 12. The molecule has 4 heterocycles. The summed E-state index contributed by atoms with van der Waals surface area (Å²) < 4.78 is 0. The molecule has 0 spiro atoms. The molecule has 2 saturated heterocycles. The minimum absolute atomic E-state index is 0.105. The van der Waals surface area contributed by atoms with Gasteiger partial charge in [-0.3, -0.25) is 4.79 Å². The van der Waals surface area contributed by atoms with Gasteiger partial charge in [-0.2, -0.15) is 0 Å². The monoisotopic (exact) mass is 582 g/mol. The molecular formula is C24H42N10OS3. The second kappa shape index (κ2) is 16.2. The molecule has 0 atom stereocenters. The molecule has 4 rings (SSSR count). The zero-order chi connectivity index (χ0) is 27.3. The summed E-state index contributed by atoms with van der Waals surface area (Å²) in [6, 6.07) is 0. The van der Waals surface area contributed by atoms with Crippen molar-refractivity contribution in [3.8, 4) is 0 Å². The largest absolute Gasteiger partial charge is 0.374 e.